The van der Waals surface area contributed by atoms with Crippen LogP contribution in [-0.4, -0.2) is 59.1 Å². The molecule has 0 spiro atoms. The smallest absolute Gasteiger partial charge is 0.254 e. The first-order chi connectivity index (χ1) is 10.7. The van der Waals surface area contributed by atoms with Crippen LogP contribution in [0.4, 0.5) is 0 Å². The molecular weight excluding hydrogens is 288 g/mol. The van der Waals surface area contributed by atoms with Gasteiger partial charge in [0.25, 0.3) is 5.91 Å². The molecule has 1 saturated heterocycles. The molecule has 23 heavy (non-hydrogen) atoms. The van der Waals surface area contributed by atoms with Gasteiger partial charge in [0.15, 0.2) is 0 Å². The number of hydrogen-bond donors (Lipinski definition) is 1. The van der Waals surface area contributed by atoms with Crippen molar-refractivity contribution in [3.8, 4) is 0 Å². The third-order valence-corrected chi connectivity index (χ3v) is 4.49. The fourth-order valence-corrected chi connectivity index (χ4v) is 3.15. The van der Waals surface area contributed by atoms with E-state index in [0.717, 1.165) is 18.7 Å². The quantitative estimate of drug-likeness (QED) is 0.931. The van der Waals surface area contributed by atoms with E-state index in [0.29, 0.717) is 13.1 Å². The number of rotatable bonds is 3. The van der Waals surface area contributed by atoms with E-state index in [4.69, 9.17) is 0 Å². The third-order valence-electron chi connectivity index (χ3n) is 4.49. The Morgan fingerprint density at radius 1 is 1.26 bits per heavy atom. The highest BCUT2D eigenvalue weighted by Crippen LogP contribution is 2.23. The summed E-state index contributed by atoms with van der Waals surface area (Å²) in [4.78, 5) is 16.9. The van der Waals surface area contributed by atoms with Crippen LogP contribution >= 0.6 is 0 Å². The fraction of sp³-hybridized carbons (Fsp3) is 0.632. The molecule has 0 bridgehead atoms. The van der Waals surface area contributed by atoms with Gasteiger partial charge in [0.2, 0.25) is 0 Å². The van der Waals surface area contributed by atoms with Crippen molar-refractivity contribution in [1.29, 1.82) is 0 Å². The zero-order valence-corrected chi connectivity index (χ0v) is 15.0. The lowest BCUT2D eigenvalue weighted by Crippen LogP contribution is -2.55. The molecule has 1 heterocycles. The molecule has 0 saturated carbocycles. The highest BCUT2D eigenvalue weighted by molar-refractivity contribution is 5.94. The molecule has 1 N–H and O–H groups in total. The molecule has 0 radical (unpaired) electrons. The Bertz CT molecular complexity index is 531. The van der Waals surface area contributed by atoms with E-state index in [1.54, 1.807) is 6.92 Å². The summed E-state index contributed by atoms with van der Waals surface area (Å²) in [5.41, 5.74) is 2.10. The Morgan fingerprint density at radius 2 is 1.87 bits per heavy atom. The standard InChI is InChI=1S/C19H30N2O2/c1-14-12-20(13-15(2)22)10-11-21(14)18(23)16-6-8-17(9-7-16)19(3,4)5/h6-9,14-15,22H,10-13H2,1-5H3/t14-,15-/m0/s1. The topological polar surface area (TPSA) is 43.8 Å². The van der Waals surface area contributed by atoms with Gasteiger partial charge < -0.3 is 10.0 Å². The molecule has 0 aromatic heterocycles. The minimum absolute atomic E-state index is 0.0987. The van der Waals surface area contributed by atoms with Gasteiger partial charge >= 0.3 is 0 Å². The summed E-state index contributed by atoms with van der Waals surface area (Å²) in [5.74, 6) is 0.106. The van der Waals surface area contributed by atoms with Gasteiger partial charge in [0.1, 0.15) is 0 Å². The molecule has 4 heteroatoms. The van der Waals surface area contributed by atoms with E-state index >= 15 is 0 Å². The maximum Gasteiger partial charge on any atom is 0.254 e. The summed E-state index contributed by atoms with van der Waals surface area (Å²) >= 11 is 0. The van der Waals surface area contributed by atoms with E-state index < -0.39 is 0 Å². The highest BCUT2D eigenvalue weighted by atomic mass is 16.3. The first-order valence-corrected chi connectivity index (χ1v) is 8.50. The van der Waals surface area contributed by atoms with Crippen molar-refractivity contribution in [2.24, 2.45) is 0 Å². The number of aliphatic hydroxyl groups is 1. The summed E-state index contributed by atoms with van der Waals surface area (Å²) in [6.45, 7) is 13.4. The van der Waals surface area contributed by atoms with Gasteiger partial charge in [-0.15, -0.1) is 0 Å². The van der Waals surface area contributed by atoms with E-state index in [2.05, 4.69) is 44.7 Å². The fourth-order valence-electron chi connectivity index (χ4n) is 3.15. The van der Waals surface area contributed by atoms with Crippen LogP contribution in [0.25, 0.3) is 0 Å². The normalized spacial score (nSPS) is 21.3. The minimum Gasteiger partial charge on any atom is -0.392 e. The van der Waals surface area contributed by atoms with Gasteiger partial charge in [-0.3, -0.25) is 9.69 Å². The molecule has 1 aromatic rings. The van der Waals surface area contributed by atoms with Gasteiger partial charge in [-0.05, 0) is 37.0 Å². The van der Waals surface area contributed by atoms with Crippen molar-refractivity contribution in [2.75, 3.05) is 26.2 Å². The molecule has 2 atom stereocenters. The number of nitrogens with zero attached hydrogens (tertiary/aromatic N) is 2. The molecule has 1 amide bonds. The van der Waals surface area contributed by atoms with Gasteiger partial charge in [-0.1, -0.05) is 32.9 Å². The Balaban J connectivity index is 2.03. The van der Waals surface area contributed by atoms with Crippen LogP contribution in [-0.2, 0) is 5.41 Å². The van der Waals surface area contributed by atoms with Crippen molar-refractivity contribution >= 4 is 5.91 Å². The van der Waals surface area contributed by atoms with Gasteiger partial charge in [0.05, 0.1) is 6.10 Å². The molecular formula is C19H30N2O2. The second kappa shape index (κ2) is 7.02. The summed E-state index contributed by atoms with van der Waals surface area (Å²) in [5, 5.41) is 9.51. The second-order valence-corrected chi connectivity index (χ2v) is 7.78. The molecule has 128 valence electrons. The average Bonchev–Trinajstić information content (AvgIpc) is 2.45. The Hall–Kier alpha value is -1.39. The van der Waals surface area contributed by atoms with Crippen LogP contribution in [0.5, 0.6) is 0 Å². The second-order valence-electron chi connectivity index (χ2n) is 7.78. The van der Waals surface area contributed by atoms with Crippen LogP contribution in [0.15, 0.2) is 24.3 Å². The summed E-state index contributed by atoms with van der Waals surface area (Å²) in [6.07, 6.45) is -0.325. The molecule has 0 unspecified atom stereocenters. The van der Waals surface area contributed by atoms with Crippen LogP contribution in [0.1, 0.15) is 50.5 Å². The molecule has 1 aliphatic rings. The largest absolute Gasteiger partial charge is 0.392 e. The number of benzene rings is 1. The lowest BCUT2D eigenvalue weighted by molar-refractivity contribution is 0.0383. The predicted octanol–water partition coefficient (Wildman–Crippen LogP) is 2.51. The highest BCUT2D eigenvalue weighted by Gasteiger charge is 2.28. The monoisotopic (exact) mass is 318 g/mol. The number of piperazine rings is 1. The lowest BCUT2D eigenvalue weighted by Gasteiger charge is -2.40. The van der Waals surface area contributed by atoms with Crippen molar-refractivity contribution in [2.45, 2.75) is 52.2 Å². The first-order valence-electron chi connectivity index (χ1n) is 8.50. The Kier molecular flexibility index (Phi) is 5.48. The van der Waals surface area contributed by atoms with Crippen LogP contribution < -0.4 is 0 Å². The molecule has 0 aliphatic carbocycles. The predicted molar refractivity (Wildman–Crippen MR) is 93.8 cm³/mol. The molecule has 1 aromatic carbocycles. The van der Waals surface area contributed by atoms with Crippen molar-refractivity contribution < 1.29 is 9.90 Å². The number of carbonyl (C=O) groups excluding carboxylic acids is 1. The van der Waals surface area contributed by atoms with Crippen molar-refractivity contribution in [1.82, 2.24) is 9.80 Å². The molecule has 1 fully saturated rings. The molecule has 2 rings (SSSR count). The number of β-amino-alcohol motifs (C(OH)–C–C–N with tert-alkyl or cyclic N) is 1. The Labute approximate surface area is 140 Å². The summed E-state index contributed by atoms with van der Waals surface area (Å²) < 4.78 is 0. The maximum atomic E-state index is 12.8. The summed E-state index contributed by atoms with van der Waals surface area (Å²) in [6, 6.07) is 8.16. The van der Waals surface area contributed by atoms with Crippen LogP contribution in [0.3, 0.4) is 0 Å². The lowest BCUT2D eigenvalue weighted by atomic mass is 9.86. The zero-order chi connectivity index (χ0) is 17.2. The van der Waals surface area contributed by atoms with Crippen molar-refractivity contribution in [3.05, 3.63) is 35.4 Å². The van der Waals surface area contributed by atoms with E-state index in [9.17, 15) is 9.90 Å². The number of hydrogen-bond acceptors (Lipinski definition) is 3. The van der Waals surface area contributed by atoms with Gasteiger partial charge in [-0.2, -0.15) is 0 Å². The number of amides is 1. The van der Waals surface area contributed by atoms with E-state index in [1.165, 1.54) is 5.56 Å². The molecule has 1 aliphatic heterocycles. The van der Waals surface area contributed by atoms with Crippen LogP contribution in [0.2, 0.25) is 0 Å². The third kappa shape index (κ3) is 4.55. The van der Waals surface area contributed by atoms with Crippen molar-refractivity contribution in [3.63, 3.8) is 0 Å². The maximum absolute atomic E-state index is 12.8. The number of aliphatic hydroxyl groups excluding tert-OH is 1. The summed E-state index contributed by atoms with van der Waals surface area (Å²) in [7, 11) is 0. The zero-order valence-electron chi connectivity index (χ0n) is 15.0. The van der Waals surface area contributed by atoms with Gasteiger partial charge in [0, 0.05) is 37.8 Å². The average molecular weight is 318 g/mol. The Morgan fingerprint density at radius 3 is 2.35 bits per heavy atom. The minimum atomic E-state index is -0.325. The molecule has 4 nitrogen and oxygen atoms in total. The first kappa shape index (κ1) is 18.0. The van der Waals surface area contributed by atoms with E-state index in [1.807, 2.05) is 17.0 Å². The SMILES string of the molecule is C[C@H](O)CN1CCN(C(=O)c2ccc(C(C)(C)C)cc2)[C@@H](C)C1. The number of carbonyl (C=O) groups is 1. The van der Waals surface area contributed by atoms with E-state index in [-0.39, 0.29) is 23.5 Å². The van der Waals surface area contributed by atoms with Gasteiger partial charge in [-0.25, -0.2) is 0 Å². The van der Waals surface area contributed by atoms with Crippen LogP contribution in [0, 0.1) is 0 Å².